The van der Waals surface area contributed by atoms with E-state index >= 15 is 0 Å². The molecular weight excluding hydrogens is 452 g/mol. The zero-order chi connectivity index (χ0) is 24.7. The number of piperidine rings is 1. The summed E-state index contributed by atoms with van der Waals surface area (Å²) in [5, 5.41) is 22.3. The van der Waals surface area contributed by atoms with Gasteiger partial charge >= 0.3 is 0 Å². The van der Waals surface area contributed by atoms with E-state index in [0.717, 1.165) is 31.7 Å². The van der Waals surface area contributed by atoms with E-state index in [-0.39, 0.29) is 35.0 Å². The number of benzene rings is 1. The van der Waals surface area contributed by atoms with Gasteiger partial charge in [-0.1, -0.05) is 39.3 Å². The molecule has 0 atom stereocenters. The Labute approximate surface area is 205 Å². The summed E-state index contributed by atoms with van der Waals surface area (Å²) in [7, 11) is 0. The monoisotopic (exact) mass is 482 g/mol. The number of hydrogen-bond donors (Lipinski definition) is 2. The minimum absolute atomic E-state index is 0.116. The second-order valence-electron chi connectivity index (χ2n) is 10.4. The number of carbonyl (C=O) groups excluding carboxylic acids is 1. The molecule has 1 saturated carbocycles. The fraction of sp³-hybridized carbons (Fsp3) is 0.500. The lowest BCUT2D eigenvalue weighted by Gasteiger charge is -2.63. The van der Waals surface area contributed by atoms with Crippen molar-refractivity contribution in [1.29, 1.82) is 5.26 Å². The molecule has 0 spiro atoms. The van der Waals surface area contributed by atoms with Gasteiger partial charge in [-0.15, -0.1) is 0 Å². The lowest BCUT2D eigenvalue weighted by molar-refractivity contribution is -0.164. The second-order valence-corrected chi connectivity index (χ2v) is 10.8. The molecule has 0 unspecified atom stereocenters. The number of amides is 1. The maximum absolute atomic E-state index is 13.0. The molecule has 2 fully saturated rings. The summed E-state index contributed by atoms with van der Waals surface area (Å²) in [4.78, 5) is 19.7. The summed E-state index contributed by atoms with van der Waals surface area (Å²) in [6, 6.07) is 10.7. The zero-order valence-electron chi connectivity index (χ0n) is 20.0. The van der Waals surface area contributed by atoms with Gasteiger partial charge in [-0.25, -0.2) is 4.98 Å². The molecule has 2 aliphatic rings. The van der Waals surface area contributed by atoms with Crippen LogP contribution in [-0.2, 0) is 0 Å². The van der Waals surface area contributed by atoms with Gasteiger partial charge in [0.1, 0.15) is 23.7 Å². The van der Waals surface area contributed by atoms with Crippen molar-refractivity contribution in [3.05, 3.63) is 52.7 Å². The molecule has 1 saturated heterocycles. The van der Waals surface area contributed by atoms with Crippen molar-refractivity contribution in [1.82, 2.24) is 10.3 Å². The Kier molecular flexibility index (Phi) is 6.50. The highest BCUT2D eigenvalue weighted by molar-refractivity contribution is 6.31. The minimum atomic E-state index is -0.332. The number of nitrogens with zero attached hydrogens (tertiary/aromatic N) is 3. The zero-order valence-corrected chi connectivity index (χ0v) is 20.8. The molecule has 8 heteroatoms. The van der Waals surface area contributed by atoms with Crippen molar-refractivity contribution in [2.75, 3.05) is 18.0 Å². The molecule has 1 aliphatic carbocycles. The second kappa shape index (κ2) is 9.09. The molecule has 2 N–H and O–H groups in total. The number of nitriles is 1. The SMILES string of the molecule is CC1(C)C(NC(=O)c2ccc(N3CCC(O)CC3)nc2)C(C)(C)C1Oc1ccc(C#N)c(Cl)c1. The quantitative estimate of drug-likeness (QED) is 0.663. The fourth-order valence-corrected chi connectivity index (χ4v) is 5.83. The average Bonchev–Trinajstić information content (AvgIpc) is 2.81. The van der Waals surface area contributed by atoms with Crippen molar-refractivity contribution in [3.63, 3.8) is 0 Å². The van der Waals surface area contributed by atoms with Crippen molar-refractivity contribution in [2.45, 2.75) is 58.8 Å². The van der Waals surface area contributed by atoms with Gasteiger partial charge in [0.2, 0.25) is 0 Å². The van der Waals surface area contributed by atoms with E-state index in [1.165, 1.54) is 0 Å². The van der Waals surface area contributed by atoms with Crippen LogP contribution in [0, 0.1) is 22.2 Å². The van der Waals surface area contributed by atoms with Gasteiger partial charge in [-0.05, 0) is 37.1 Å². The number of rotatable bonds is 5. The first-order chi connectivity index (χ1) is 16.0. The van der Waals surface area contributed by atoms with Crippen LogP contribution in [0.4, 0.5) is 5.82 Å². The molecule has 0 bridgehead atoms. The van der Waals surface area contributed by atoms with E-state index in [1.807, 2.05) is 6.07 Å². The van der Waals surface area contributed by atoms with Gasteiger partial charge in [-0.2, -0.15) is 5.26 Å². The summed E-state index contributed by atoms with van der Waals surface area (Å²) in [6.45, 7) is 9.82. The standard InChI is InChI=1S/C26H31ClN4O3/c1-25(2)23(26(3,4)24(25)34-19-7-5-16(14-28)20(27)13-19)30-22(33)17-6-8-21(29-15-17)31-11-9-18(32)10-12-31/h5-8,13,15,18,23-24,32H,9-12H2,1-4H3,(H,30,33). The predicted molar refractivity (Wildman–Crippen MR) is 131 cm³/mol. The number of halogens is 1. The third-order valence-corrected chi connectivity index (χ3v) is 7.54. The van der Waals surface area contributed by atoms with Gasteiger partial charge in [-0.3, -0.25) is 4.79 Å². The van der Waals surface area contributed by atoms with E-state index in [0.29, 0.717) is 21.9 Å². The molecule has 1 aromatic carbocycles. The number of hydrogen-bond acceptors (Lipinski definition) is 6. The lowest BCUT2D eigenvalue weighted by atomic mass is 9.49. The molecule has 1 amide bonds. The van der Waals surface area contributed by atoms with Crippen LogP contribution >= 0.6 is 11.6 Å². The van der Waals surface area contributed by atoms with Crippen molar-refractivity contribution in [2.24, 2.45) is 10.8 Å². The van der Waals surface area contributed by atoms with E-state index in [1.54, 1.807) is 30.5 Å². The lowest BCUT2D eigenvalue weighted by Crippen LogP contribution is -2.74. The van der Waals surface area contributed by atoms with Crippen LogP contribution in [0.2, 0.25) is 5.02 Å². The summed E-state index contributed by atoms with van der Waals surface area (Å²) in [5.74, 6) is 1.26. The number of pyridine rings is 1. The molecule has 7 nitrogen and oxygen atoms in total. The summed E-state index contributed by atoms with van der Waals surface area (Å²) in [5.41, 5.74) is 0.253. The topological polar surface area (TPSA) is 98.5 Å². The van der Waals surface area contributed by atoms with Crippen LogP contribution in [0.15, 0.2) is 36.5 Å². The van der Waals surface area contributed by atoms with E-state index < -0.39 is 0 Å². The molecule has 0 radical (unpaired) electrons. The molecule has 2 heterocycles. The van der Waals surface area contributed by atoms with E-state index in [4.69, 9.17) is 21.6 Å². The van der Waals surface area contributed by atoms with Crippen LogP contribution in [0.3, 0.4) is 0 Å². The molecular formula is C26H31ClN4O3. The fourth-order valence-electron chi connectivity index (χ4n) is 5.61. The normalized spacial score (nSPS) is 23.5. The number of ether oxygens (including phenoxy) is 1. The van der Waals surface area contributed by atoms with E-state index in [9.17, 15) is 9.90 Å². The van der Waals surface area contributed by atoms with Gasteiger partial charge < -0.3 is 20.1 Å². The molecule has 1 aliphatic heterocycles. The Balaban J connectivity index is 1.42. The van der Waals surface area contributed by atoms with Gasteiger partial charge in [0.15, 0.2) is 0 Å². The minimum Gasteiger partial charge on any atom is -0.489 e. The summed E-state index contributed by atoms with van der Waals surface area (Å²) in [6.07, 6.45) is 2.67. The number of aliphatic hydroxyl groups is 1. The molecule has 1 aromatic heterocycles. The summed E-state index contributed by atoms with van der Waals surface area (Å²) >= 11 is 6.17. The highest BCUT2D eigenvalue weighted by atomic mass is 35.5. The Morgan fingerprint density at radius 3 is 2.44 bits per heavy atom. The van der Waals surface area contributed by atoms with Crippen molar-refractivity contribution >= 4 is 23.3 Å². The average molecular weight is 483 g/mol. The maximum atomic E-state index is 13.0. The number of anilines is 1. The number of nitrogens with one attached hydrogen (secondary N) is 1. The van der Waals surface area contributed by atoms with Gasteiger partial charge in [0, 0.05) is 42.2 Å². The third kappa shape index (κ3) is 4.45. The van der Waals surface area contributed by atoms with Crippen LogP contribution in [0.25, 0.3) is 0 Å². The van der Waals surface area contributed by atoms with Crippen molar-refractivity contribution < 1.29 is 14.6 Å². The smallest absolute Gasteiger partial charge is 0.253 e. The van der Waals surface area contributed by atoms with Crippen LogP contribution < -0.4 is 15.0 Å². The number of carbonyl (C=O) groups is 1. The van der Waals surface area contributed by atoms with Crippen LogP contribution in [0.1, 0.15) is 56.5 Å². The first-order valence-corrected chi connectivity index (χ1v) is 12.0. The Morgan fingerprint density at radius 2 is 1.88 bits per heavy atom. The number of aliphatic hydroxyl groups excluding tert-OH is 1. The Bertz CT molecular complexity index is 1090. The molecule has 4 rings (SSSR count). The van der Waals surface area contributed by atoms with Gasteiger partial charge in [0.05, 0.1) is 22.3 Å². The maximum Gasteiger partial charge on any atom is 0.253 e. The highest BCUT2D eigenvalue weighted by Gasteiger charge is 2.64. The largest absolute Gasteiger partial charge is 0.489 e. The first kappa shape index (κ1) is 24.3. The number of aromatic nitrogens is 1. The molecule has 2 aromatic rings. The van der Waals surface area contributed by atoms with Gasteiger partial charge in [0.25, 0.3) is 5.91 Å². The predicted octanol–water partition coefficient (Wildman–Crippen LogP) is 4.18. The third-order valence-electron chi connectivity index (χ3n) is 7.23. The van der Waals surface area contributed by atoms with E-state index in [2.05, 4.69) is 49.0 Å². The van der Waals surface area contributed by atoms with Crippen molar-refractivity contribution in [3.8, 4) is 11.8 Å². The summed E-state index contributed by atoms with van der Waals surface area (Å²) < 4.78 is 6.29. The van der Waals surface area contributed by atoms with Crippen LogP contribution in [-0.4, -0.2) is 47.3 Å². The van der Waals surface area contributed by atoms with Crippen LogP contribution in [0.5, 0.6) is 5.75 Å². The first-order valence-electron chi connectivity index (χ1n) is 11.6. The molecule has 34 heavy (non-hydrogen) atoms. The molecule has 180 valence electrons. The Hall–Kier alpha value is -2.82. The Morgan fingerprint density at radius 1 is 1.21 bits per heavy atom. The highest BCUT2D eigenvalue weighted by Crippen LogP contribution is 2.55.